The Hall–Kier alpha value is -1.35. The van der Waals surface area contributed by atoms with Crippen LogP contribution in [0.15, 0.2) is 36.5 Å². The molecule has 2 nitrogen and oxygen atoms in total. The number of carbonyl (C=O) groups excluding carboxylic acids is 1. The second-order valence-electron chi connectivity index (χ2n) is 5.37. The topological polar surface area (TPSA) is 30.0 Å². The number of rotatable bonds is 4. The molecule has 3 heteroatoms. The van der Waals surface area contributed by atoms with Gasteiger partial charge in [0.2, 0.25) is 0 Å². The van der Waals surface area contributed by atoms with Gasteiger partial charge in [0, 0.05) is 22.4 Å². The Kier molecular flexibility index (Phi) is 4.36. The Morgan fingerprint density at radius 3 is 2.85 bits per heavy atom. The molecule has 0 bridgehead atoms. The van der Waals surface area contributed by atoms with Crippen LogP contribution in [0.3, 0.4) is 0 Å². The van der Waals surface area contributed by atoms with E-state index in [1.54, 1.807) is 6.20 Å². The Balaban J connectivity index is 1.72. The molecule has 0 radical (unpaired) electrons. The molecular formula is C17H19NOS. The number of aromatic nitrogens is 1. The molecule has 0 amide bonds. The molecule has 0 spiro atoms. The molecule has 1 aliphatic carbocycles. The van der Waals surface area contributed by atoms with Gasteiger partial charge in [-0.15, -0.1) is 0 Å². The van der Waals surface area contributed by atoms with Crippen molar-refractivity contribution < 1.29 is 4.79 Å². The van der Waals surface area contributed by atoms with Crippen LogP contribution in [0.4, 0.5) is 0 Å². The van der Waals surface area contributed by atoms with Crippen molar-refractivity contribution in [2.75, 3.05) is 5.75 Å². The first-order chi connectivity index (χ1) is 9.84. The van der Waals surface area contributed by atoms with Crippen molar-refractivity contribution in [3.8, 4) is 0 Å². The van der Waals surface area contributed by atoms with Crippen molar-refractivity contribution in [3.05, 3.63) is 42.1 Å². The summed E-state index contributed by atoms with van der Waals surface area (Å²) in [4.78, 5) is 16.8. The zero-order valence-corrected chi connectivity index (χ0v) is 12.4. The highest BCUT2D eigenvalue weighted by atomic mass is 32.2. The van der Waals surface area contributed by atoms with Crippen LogP contribution in [-0.4, -0.2) is 21.8 Å². The number of carbonyl (C=O) groups is 1. The van der Waals surface area contributed by atoms with E-state index < -0.39 is 0 Å². The SMILES string of the molecule is O=C(CSC1CCCCC1)c1cccc2ncccc12. The molecule has 2 aromatic rings. The quantitative estimate of drug-likeness (QED) is 0.776. The smallest absolute Gasteiger partial charge is 0.173 e. The fourth-order valence-electron chi connectivity index (χ4n) is 2.85. The Morgan fingerprint density at radius 1 is 1.15 bits per heavy atom. The second kappa shape index (κ2) is 6.40. The van der Waals surface area contributed by atoms with Crippen LogP contribution < -0.4 is 0 Å². The Morgan fingerprint density at radius 2 is 2.00 bits per heavy atom. The van der Waals surface area contributed by atoms with Crippen molar-refractivity contribution in [1.82, 2.24) is 4.98 Å². The third kappa shape index (κ3) is 3.04. The summed E-state index contributed by atoms with van der Waals surface area (Å²) in [7, 11) is 0. The van der Waals surface area contributed by atoms with Gasteiger partial charge in [-0.2, -0.15) is 11.8 Å². The number of fused-ring (bicyclic) bond motifs is 1. The summed E-state index contributed by atoms with van der Waals surface area (Å²) in [5, 5.41) is 1.66. The molecule has 104 valence electrons. The summed E-state index contributed by atoms with van der Waals surface area (Å²) < 4.78 is 0. The molecule has 0 saturated heterocycles. The molecule has 1 aromatic carbocycles. The molecule has 3 rings (SSSR count). The van der Waals surface area contributed by atoms with Gasteiger partial charge in [-0.05, 0) is 25.0 Å². The van der Waals surface area contributed by atoms with E-state index in [2.05, 4.69) is 4.98 Å². The van der Waals surface area contributed by atoms with Gasteiger partial charge in [0.05, 0.1) is 11.3 Å². The lowest BCUT2D eigenvalue weighted by Crippen LogP contribution is -2.12. The Bertz CT molecular complexity index is 599. The van der Waals surface area contributed by atoms with Crippen molar-refractivity contribution >= 4 is 28.4 Å². The van der Waals surface area contributed by atoms with E-state index in [0.717, 1.165) is 16.5 Å². The molecule has 0 unspecified atom stereocenters. The summed E-state index contributed by atoms with van der Waals surface area (Å²) in [5.41, 5.74) is 1.72. The maximum atomic E-state index is 12.5. The lowest BCUT2D eigenvalue weighted by atomic mass is 10.0. The average Bonchev–Trinajstić information content (AvgIpc) is 2.53. The zero-order chi connectivity index (χ0) is 13.8. The predicted octanol–water partition coefficient (Wildman–Crippen LogP) is 4.48. The highest BCUT2D eigenvalue weighted by Crippen LogP contribution is 2.29. The summed E-state index contributed by atoms with van der Waals surface area (Å²) in [6, 6.07) is 9.69. The number of pyridine rings is 1. The van der Waals surface area contributed by atoms with Gasteiger partial charge in [-0.1, -0.05) is 37.5 Å². The van der Waals surface area contributed by atoms with Gasteiger partial charge in [0.25, 0.3) is 0 Å². The lowest BCUT2D eigenvalue weighted by molar-refractivity contribution is 0.102. The van der Waals surface area contributed by atoms with Crippen molar-refractivity contribution in [2.24, 2.45) is 0 Å². The van der Waals surface area contributed by atoms with Crippen LogP contribution in [0.25, 0.3) is 10.9 Å². The van der Waals surface area contributed by atoms with Crippen molar-refractivity contribution in [2.45, 2.75) is 37.4 Å². The van der Waals surface area contributed by atoms with E-state index in [-0.39, 0.29) is 5.78 Å². The summed E-state index contributed by atoms with van der Waals surface area (Å²) in [5.74, 6) is 0.831. The lowest BCUT2D eigenvalue weighted by Gasteiger charge is -2.20. The van der Waals surface area contributed by atoms with Crippen molar-refractivity contribution in [1.29, 1.82) is 0 Å². The second-order valence-corrected chi connectivity index (χ2v) is 6.66. The predicted molar refractivity (Wildman–Crippen MR) is 85.4 cm³/mol. The monoisotopic (exact) mass is 285 g/mol. The maximum Gasteiger partial charge on any atom is 0.173 e. The minimum Gasteiger partial charge on any atom is -0.293 e. The van der Waals surface area contributed by atoms with Gasteiger partial charge in [-0.25, -0.2) is 0 Å². The molecule has 0 atom stereocenters. The number of ketones is 1. The summed E-state index contributed by atoms with van der Waals surface area (Å²) >= 11 is 1.84. The molecule has 1 aromatic heterocycles. The van der Waals surface area contributed by atoms with Crippen molar-refractivity contribution in [3.63, 3.8) is 0 Å². The van der Waals surface area contributed by atoms with Gasteiger partial charge >= 0.3 is 0 Å². The van der Waals surface area contributed by atoms with E-state index in [0.29, 0.717) is 11.0 Å². The van der Waals surface area contributed by atoms with Crippen LogP contribution >= 0.6 is 11.8 Å². The zero-order valence-electron chi connectivity index (χ0n) is 11.5. The van der Waals surface area contributed by atoms with Crippen LogP contribution in [-0.2, 0) is 0 Å². The summed E-state index contributed by atoms with van der Waals surface area (Å²) in [6.07, 6.45) is 8.32. The normalized spacial score (nSPS) is 16.4. The summed E-state index contributed by atoms with van der Waals surface area (Å²) in [6.45, 7) is 0. The molecule has 20 heavy (non-hydrogen) atoms. The highest BCUT2D eigenvalue weighted by Gasteiger charge is 2.17. The molecule has 0 N–H and O–H groups in total. The first kappa shape index (κ1) is 13.6. The van der Waals surface area contributed by atoms with Gasteiger partial charge in [0.1, 0.15) is 0 Å². The number of hydrogen-bond donors (Lipinski definition) is 0. The molecule has 1 saturated carbocycles. The molecular weight excluding hydrogens is 266 g/mol. The Labute approximate surface area is 124 Å². The molecule has 1 fully saturated rings. The average molecular weight is 285 g/mol. The molecule has 1 aliphatic rings. The van der Waals surface area contributed by atoms with E-state index in [1.165, 1.54) is 32.1 Å². The first-order valence-electron chi connectivity index (χ1n) is 7.33. The van der Waals surface area contributed by atoms with Crippen LogP contribution in [0, 0.1) is 0 Å². The van der Waals surface area contributed by atoms with E-state index in [1.807, 2.05) is 42.1 Å². The van der Waals surface area contributed by atoms with Crippen LogP contribution in [0.2, 0.25) is 0 Å². The van der Waals surface area contributed by atoms with Gasteiger partial charge < -0.3 is 0 Å². The standard InChI is InChI=1S/C17H19NOS/c19-17(12-20-13-6-2-1-3-7-13)15-8-4-10-16-14(15)9-5-11-18-16/h4-5,8-11,13H,1-3,6-7,12H2. The minimum atomic E-state index is 0.235. The fourth-order valence-corrected chi connectivity index (χ4v) is 4.06. The number of hydrogen-bond acceptors (Lipinski definition) is 3. The molecule has 1 heterocycles. The third-order valence-corrected chi connectivity index (χ3v) is 5.32. The highest BCUT2D eigenvalue weighted by molar-refractivity contribution is 8.00. The number of Topliss-reactive ketones (excluding diaryl/α,β-unsaturated/α-hetero) is 1. The van der Waals surface area contributed by atoms with E-state index in [4.69, 9.17) is 0 Å². The number of nitrogens with zero attached hydrogens (tertiary/aromatic N) is 1. The maximum absolute atomic E-state index is 12.5. The van der Waals surface area contributed by atoms with Gasteiger partial charge in [0.15, 0.2) is 5.78 Å². The third-order valence-electron chi connectivity index (χ3n) is 3.95. The van der Waals surface area contributed by atoms with Crippen LogP contribution in [0.5, 0.6) is 0 Å². The number of thioether (sulfide) groups is 1. The van der Waals surface area contributed by atoms with E-state index in [9.17, 15) is 4.79 Å². The molecule has 0 aliphatic heterocycles. The fraction of sp³-hybridized carbons (Fsp3) is 0.412. The minimum absolute atomic E-state index is 0.235. The van der Waals surface area contributed by atoms with Gasteiger partial charge in [-0.3, -0.25) is 9.78 Å². The van der Waals surface area contributed by atoms with Crippen LogP contribution in [0.1, 0.15) is 42.5 Å². The van der Waals surface area contributed by atoms with E-state index >= 15 is 0 Å². The largest absolute Gasteiger partial charge is 0.293 e. The first-order valence-corrected chi connectivity index (χ1v) is 8.38. The number of benzene rings is 1.